The Morgan fingerprint density at radius 3 is 2.47 bits per heavy atom. The van der Waals surface area contributed by atoms with Crippen LogP contribution in [0.5, 0.6) is 0 Å². The van der Waals surface area contributed by atoms with Crippen molar-refractivity contribution in [2.75, 3.05) is 31.6 Å². The van der Waals surface area contributed by atoms with E-state index in [4.69, 9.17) is 4.74 Å². The molecule has 1 fully saturated rings. The van der Waals surface area contributed by atoms with Crippen molar-refractivity contribution >= 4 is 27.6 Å². The van der Waals surface area contributed by atoms with Gasteiger partial charge in [-0.05, 0) is 43.2 Å². The summed E-state index contributed by atoms with van der Waals surface area (Å²) in [5.74, 6) is -1.59. The zero-order valence-electron chi connectivity index (χ0n) is 16.8. The van der Waals surface area contributed by atoms with Crippen molar-refractivity contribution in [3.8, 4) is 0 Å². The second-order valence-corrected chi connectivity index (χ2v) is 9.08. The number of hydrogen-bond acceptors (Lipinski definition) is 5. The Kier molecular flexibility index (Phi) is 6.42. The molecule has 0 aromatic heterocycles. The molecule has 160 valence electrons. The molecule has 1 saturated heterocycles. The number of nitrogens with zero attached hydrogens (tertiary/aromatic N) is 2. The van der Waals surface area contributed by atoms with Crippen LogP contribution in [-0.4, -0.2) is 63.7 Å². The van der Waals surface area contributed by atoms with Gasteiger partial charge < -0.3 is 14.7 Å². The van der Waals surface area contributed by atoms with Crippen molar-refractivity contribution in [1.29, 1.82) is 0 Å². The predicted molar refractivity (Wildman–Crippen MR) is 111 cm³/mol. The minimum atomic E-state index is -3.92. The minimum absolute atomic E-state index is 0.0702. The summed E-state index contributed by atoms with van der Waals surface area (Å²) in [6.07, 6.45) is 1.63. The molecule has 8 nitrogen and oxygen atoms in total. The number of likely N-dealkylation sites (tertiary alicyclic amines) is 1. The van der Waals surface area contributed by atoms with Gasteiger partial charge in [0, 0.05) is 26.3 Å². The minimum Gasteiger partial charge on any atom is -0.478 e. The number of carboxylic acid groups (broad SMARTS) is 1. The first-order valence-electron chi connectivity index (χ1n) is 9.48. The summed E-state index contributed by atoms with van der Waals surface area (Å²) in [4.78, 5) is 26.5. The fraction of sp³-hybridized carbons (Fsp3) is 0.333. The molecule has 0 radical (unpaired) electrons. The molecule has 0 aliphatic carbocycles. The first kappa shape index (κ1) is 21.8. The molecule has 1 heterocycles. The number of rotatable bonds is 7. The lowest BCUT2D eigenvalue weighted by Gasteiger charge is -2.25. The highest BCUT2D eigenvalue weighted by atomic mass is 32.2. The molecular weight excluding hydrogens is 408 g/mol. The van der Waals surface area contributed by atoms with Crippen LogP contribution in [0.1, 0.15) is 33.6 Å². The van der Waals surface area contributed by atoms with E-state index in [0.29, 0.717) is 13.2 Å². The third-order valence-corrected chi connectivity index (χ3v) is 6.97. The Hall–Kier alpha value is -2.91. The lowest BCUT2D eigenvalue weighted by atomic mass is 10.1. The number of hydrogen-bond donors (Lipinski definition) is 1. The highest BCUT2D eigenvalue weighted by Crippen LogP contribution is 2.27. The van der Waals surface area contributed by atoms with Crippen LogP contribution >= 0.6 is 0 Å². The van der Waals surface area contributed by atoms with Gasteiger partial charge in [-0.1, -0.05) is 18.2 Å². The van der Waals surface area contributed by atoms with Gasteiger partial charge in [-0.3, -0.25) is 9.10 Å². The summed E-state index contributed by atoms with van der Waals surface area (Å²) in [5, 5.41) is 9.51. The van der Waals surface area contributed by atoms with Crippen LogP contribution in [0.4, 0.5) is 5.69 Å². The number of aromatic carboxylic acids is 1. The molecule has 0 spiro atoms. The third kappa shape index (κ3) is 4.31. The smallest absolute Gasteiger partial charge is 0.335 e. The first-order chi connectivity index (χ1) is 14.3. The highest BCUT2D eigenvalue weighted by Gasteiger charge is 2.31. The molecule has 9 heteroatoms. The van der Waals surface area contributed by atoms with Crippen LogP contribution in [0.15, 0.2) is 53.4 Å². The Labute approximate surface area is 175 Å². The molecule has 1 aliphatic rings. The van der Waals surface area contributed by atoms with Gasteiger partial charge in [-0.2, -0.15) is 0 Å². The van der Waals surface area contributed by atoms with Crippen LogP contribution < -0.4 is 4.31 Å². The average Bonchev–Trinajstić information content (AvgIpc) is 3.21. The zero-order chi connectivity index (χ0) is 21.9. The Bertz CT molecular complexity index is 1040. The zero-order valence-corrected chi connectivity index (χ0v) is 17.6. The van der Waals surface area contributed by atoms with Crippen LogP contribution in [0.3, 0.4) is 0 Å². The summed E-state index contributed by atoms with van der Waals surface area (Å²) in [6, 6.07) is 11.7. The van der Waals surface area contributed by atoms with E-state index in [1.807, 2.05) is 0 Å². The number of carbonyl (C=O) groups excluding carboxylic acids is 1. The van der Waals surface area contributed by atoms with Crippen LogP contribution in [0, 0.1) is 0 Å². The number of methoxy groups -OCH3 is 1. The molecule has 2 aromatic rings. The fourth-order valence-electron chi connectivity index (χ4n) is 3.56. The number of carbonyl (C=O) groups is 2. The van der Waals surface area contributed by atoms with Crippen molar-refractivity contribution in [3.05, 3.63) is 59.7 Å². The van der Waals surface area contributed by atoms with E-state index in [2.05, 4.69) is 0 Å². The number of sulfonamides is 1. The van der Waals surface area contributed by atoms with Gasteiger partial charge in [0.25, 0.3) is 15.9 Å². The number of anilines is 1. The van der Waals surface area contributed by atoms with Gasteiger partial charge in [-0.25, -0.2) is 13.2 Å². The first-order valence-corrected chi connectivity index (χ1v) is 10.9. The summed E-state index contributed by atoms with van der Waals surface area (Å²) >= 11 is 0. The van der Waals surface area contributed by atoms with Gasteiger partial charge in [0.05, 0.1) is 28.8 Å². The van der Waals surface area contributed by atoms with E-state index < -0.39 is 16.0 Å². The molecule has 0 saturated carbocycles. The molecular formula is C21H24N2O6S. The van der Waals surface area contributed by atoms with Crippen LogP contribution in [0.25, 0.3) is 0 Å². The normalized spacial score (nSPS) is 16.5. The Balaban J connectivity index is 2.01. The van der Waals surface area contributed by atoms with E-state index >= 15 is 0 Å². The summed E-state index contributed by atoms with van der Waals surface area (Å²) < 4.78 is 32.1. The van der Waals surface area contributed by atoms with Crippen molar-refractivity contribution in [2.45, 2.75) is 23.8 Å². The van der Waals surface area contributed by atoms with Crippen molar-refractivity contribution in [1.82, 2.24) is 4.90 Å². The van der Waals surface area contributed by atoms with Gasteiger partial charge >= 0.3 is 5.97 Å². The van der Waals surface area contributed by atoms with Crippen molar-refractivity contribution in [3.63, 3.8) is 0 Å². The largest absolute Gasteiger partial charge is 0.478 e. The van der Waals surface area contributed by atoms with E-state index in [1.165, 1.54) is 37.4 Å². The number of ether oxygens (including phenoxy) is 1. The van der Waals surface area contributed by atoms with E-state index in [-0.39, 0.29) is 33.7 Å². The molecule has 2 aromatic carbocycles. The molecule has 0 unspecified atom stereocenters. The molecule has 1 amide bonds. The van der Waals surface area contributed by atoms with Crippen LogP contribution in [0.2, 0.25) is 0 Å². The molecule has 1 N–H and O–H groups in total. The lowest BCUT2D eigenvalue weighted by molar-refractivity contribution is 0.0630. The van der Waals surface area contributed by atoms with Gasteiger partial charge in [0.1, 0.15) is 0 Å². The molecule has 1 atom stereocenters. The Morgan fingerprint density at radius 2 is 1.83 bits per heavy atom. The Morgan fingerprint density at radius 1 is 1.17 bits per heavy atom. The standard InChI is InChI=1S/C21H24N2O6S/c1-22(30(27,28)19-8-4-3-5-9-19)18-12-15(11-16(13-18)21(25)26)20(24)23-10-6-7-17(23)14-29-2/h3-5,8-9,11-13,17H,6-7,10,14H2,1-2H3,(H,25,26)/t17-/m1/s1. The van der Waals surface area contributed by atoms with Crippen molar-refractivity contribution in [2.24, 2.45) is 0 Å². The highest BCUT2D eigenvalue weighted by molar-refractivity contribution is 7.92. The summed E-state index contributed by atoms with van der Waals surface area (Å²) in [7, 11) is -1.02. The fourth-order valence-corrected chi connectivity index (χ4v) is 4.76. The molecule has 1 aliphatic heterocycles. The molecule has 3 rings (SSSR count). The maximum atomic E-state index is 13.1. The second-order valence-electron chi connectivity index (χ2n) is 7.11. The topological polar surface area (TPSA) is 104 Å². The number of amides is 1. The van der Waals surface area contributed by atoms with Gasteiger partial charge in [0.2, 0.25) is 0 Å². The second kappa shape index (κ2) is 8.85. The van der Waals surface area contributed by atoms with Gasteiger partial charge in [-0.15, -0.1) is 0 Å². The van der Waals surface area contributed by atoms with E-state index in [9.17, 15) is 23.1 Å². The maximum Gasteiger partial charge on any atom is 0.335 e. The summed E-state index contributed by atoms with van der Waals surface area (Å²) in [5.41, 5.74) is 0.0704. The van der Waals surface area contributed by atoms with Crippen molar-refractivity contribution < 1.29 is 27.9 Å². The quantitative estimate of drug-likeness (QED) is 0.721. The predicted octanol–water partition coefficient (Wildman–Crippen LogP) is 2.46. The average molecular weight is 432 g/mol. The van der Waals surface area contributed by atoms with Gasteiger partial charge in [0.15, 0.2) is 0 Å². The number of benzene rings is 2. The summed E-state index contributed by atoms with van der Waals surface area (Å²) in [6.45, 7) is 0.928. The SMILES string of the molecule is COC[C@H]1CCCN1C(=O)c1cc(C(=O)O)cc(N(C)S(=O)(=O)c2ccccc2)c1. The maximum absolute atomic E-state index is 13.1. The van der Waals surface area contributed by atoms with Crippen LogP contribution in [-0.2, 0) is 14.8 Å². The van der Waals surface area contributed by atoms with E-state index in [1.54, 1.807) is 30.2 Å². The molecule has 30 heavy (non-hydrogen) atoms. The number of carboxylic acids is 1. The van der Waals surface area contributed by atoms with E-state index in [0.717, 1.165) is 17.1 Å². The molecule has 0 bridgehead atoms. The third-order valence-electron chi connectivity index (χ3n) is 5.17. The monoisotopic (exact) mass is 432 g/mol. The lowest BCUT2D eigenvalue weighted by Crippen LogP contribution is -2.38.